The van der Waals surface area contributed by atoms with E-state index in [9.17, 15) is 0 Å². The van der Waals surface area contributed by atoms with Crippen molar-refractivity contribution < 1.29 is 0 Å². The molecule has 0 saturated heterocycles. The topological polar surface area (TPSA) is 4.93 Å². The lowest BCUT2D eigenvalue weighted by molar-refractivity contribution is 0.625. The van der Waals surface area contributed by atoms with Crippen molar-refractivity contribution in [1.29, 1.82) is 0 Å². The smallest absolute Gasteiger partial charge is 0.106 e. The average molecular weight is 201 g/mol. The van der Waals surface area contributed by atoms with Crippen molar-refractivity contribution >= 4 is 23.1 Å². The zero-order chi connectivity index (χ0) is 9.54. The van der Waals surface area contributed by atoms with Gasteiger partial charge in [-0.25, -0.2) is 0 Å². The summed E-state index contributed by atoms with van der Waals surface area (Å²) in [7, 11) is 0. The van der Waals surface area contributed by atoms with Gasteiger partial charge in [-0.1, -0.05) is 30.4 Å². The van der Waals surface area contributed by atoms with Gasteiger partial charge in [0.15, 0.2) is 0 Å². The molecule has 0 saturated carbocycles. The van der Waals surface area contributed by atoms with Crippen molar-refractivity contribution in [3.8, 4) is 0 Å². The molecule has 0 atom stereocenters. The van der Waals surface area contributed by atoms with E-state index in [1.165, 1.54) is 29.3 Å². The summed E-state index contributed by atoms with van der Waals surface area (Å²) in [6.45, 7) is 1.08. The summed E-state index contributed by atoms with van der Waals surface area (Å²) >= 11 is 5.34. The van der Waals surface area contributed by atoms with Crippen LogP contribution in [0.1, 0.15) is 12.0 Å². The van der Waals surface area contributed by atoms with Gasteiger partial charge >= 0.3 is 0 Å². The SMILES string of the molecule is S=c1ccc2cccc3c2n1CCC3. The molecular weight excluding hydrogens is 190 g/mol. The zero-order valence-corrected chi connectivity index (χ0v) is 8.68. The third-order valence-corrected chi connectivity index (χ3v) is 3.28. The fraction of sp³-hybridized carbons (Fsp3) is 0.250. The Balaban J connectivity index is 2.57. The number of aromatic nitrogens is 1. The van der Waals surface area contributed by atoms with Crippen molar-refractivity contribution in [1.82, 2.24) is 4.57 Å². The normalized spacial score (nSPS) is 14.6. The van der Waals surface area contributed by atoms with Crippen LogP contribution in [0.4, 0.5) is 0 Å². The van der Waals surface area contributed by atoms with Gasteiger partial charge in [-0.05, 0) is 35.9 Å². The van der Waals surface area contributed by atoms with E-state index in [-0.39, 0.29) is 0 Å². The number of pyridine rings is 1. The third kappa shape index (κ3) is 1.04. The molecule has 0 unspecified atom stereocenters. The molecule has 0 radical (unpaired) electrons. The minimum Gasteiger partial charge on any atom is -0.332 e. The number of aryl methyl sites for hydroxylation is 2. The van der Waals surface area contributed by atoms with Gasteiger partial charge in [0.05, 0.1) is 5.52 Å². The van der Waals surface area contributed by atoms with E-state index in [2.05, 4.69) is 28.8 Å². The molecule has 0 aliphatic carbocycles. The van der Waals surface area contributed by atoms with Crippen LogP contribution >= 0.6 is 12.2 Å². The van der Waals surface area contributed by atoms with E-state index in [0.29, 0.717) is 0 Å². The molecule has 1 aliphatic heterocycles. The fourth-order valence-corrected chi connectivity index (χ4v) is 2.54. The van der Waals surface area contributed by atoms with Gasteiger partial charge in [0.1, 0.15) is 4.64 Å². The third-order valence-electron chi connectivity index (χ3n) is 2.92. The van der Waals surface area contributed by atoms with Crippen LogP contribution in [0.25, 0.3) is 10.9 Å². The molecule has 2 heterocycles. The van der Waals surface area contributed by atoms with Gasteiger partial charge in [-0.15, -0.1) is 0 Å². The van der Waals surface area contributed by atoms with Crippen molar-refractivity contribution in [3.63, 3.8) is 0 Å². The second-order valence-corrected chi connectivity index (χ2v) is 4.20. The summed E-state index contributed by atoms with van der Waals surface area (Å²) in [5, 5.41) is 1.32. The number of hydrogen-bond acceptors (Lipinski definition) is 1. The van der Waals surface area contributed by atoms with Gasteiger partial charge in [-0.3, -0.25) is 0 Å². The van der Waals surface area contributed by atoms with E-state index in [1.54, 1.807) is 0 Å². The maximum atomic E-state index is 5.34. The first-order valence-corrected chi connectivity index (χ1v) is 5.38. The van der Waals surface area contributed by atoms with E-state index >= 15 is 0 Å². The van der Waals surface area contributed by atoms with Crippen molar-refractivity contribution in [2.45, 2.75) is 19.4 Å². The molecule has 1 aromatic carbocycles. The Kier molecular flexibility index (Phi) is 1.71. The average Bonchev–Trinajstić information content (AvgIpc) is 2.24. The highest BCUT2D eigenvalue weighted by Gasteiger charge is 2.10. The first kappa shape index (κ1) is 8.18. The zero-order valence-electron chi connectivity index (χ0n) is 7.86. The molecule has 0 spiro atoms. The lowest BCUT2D eigenvalue weighted by Crippen LogP contribution is -2.10. The maximum absolute atomic E-state index is 5.34. The molecule has 0 fully saturated rings. The molecule has 0 amide bonds. The van der Waals surface area contributed by atoms with Crippen LogP contribution in [0.3, 0.4) is 0 Å². The molecule has 2 heteroatoms. The van der Waals surface area contributed by atoms with E-state index in [1.807, 2.05) is 6.07 Å². The van der Waals surface area contributed by atoms with Crippen LogP contribution < -0.4 is 0 Å². The Hall–Kier alpha value is -1.15. The highest BCUT2D eigenvalue weighted by Crippen LogP contribution is 2.24. The first-order chi connectivity index (χ1) is 6.86. The van der Waals surface area contributed by atoms with Gasteiger partial charge in [0.2, 0.25) is 0 Å². The summed E-state index contributed by atoms with van der Waals surface area (Å²) in [6.07, 6.45) is 2.40. The number of hydrogen-bond donors (Lipinski definition) is 0. The summed E-state index contributed by atoms with van der Waals surface area (Å²) < 4.78 is 3.23. The summed E-state index contributed by atoms with van der Waals surface area (Å²) in [4.78, 5) is 0. The van der Waals surface area contributed by atoms with Crippen LogP contribution in [-0.4, -0.2) is 4.57 Å². The minimum absolute atomic E-state index is 0.963. The number of nitrogens with zero attached hydrogens (tertiary/aromatic N) is 1. The Morgan fingerprint density at radius 1 is 1.14 bits per heavy atom. The number of para-hydroxylation sites is 1. The summed E-state index contributed by atoms with van der Waals surface area (Å²) in [5.41, 5.74) is 2.80. The largest absolute Gasteiger partial charge is 0.332 e. The second-order valence-electron chi connectivity index (χ2n) is 3.78. The molecule has 1 aliphatic rings. The van der Waals surface area contributed by atoms with Crippen LogP contribution in [0.2, 0.25) is 0 Å². The fourth-order valence-electron chi connectivity index (χ4n) is 2.29. The lowest BCUT2D eigenvalue weighted by atomic mass is 10.0. The standard InChI is InChI=1S/C12H11NS/c14-11-7-6-10-4-1-3-9-5-2-8-13(11)12(9)10/h1,3-4,6-7H,2,5,8H2. The molecule has 14 heavy (non-hydrogen) atoms. The second kappa shape index (κ2) is 2.92. The molecule has 70 valence electrons. The van der Waals surface area contributed by atoms with Crippen LogP contribution in [0.5, 0.6) is 0 Å². The van der Waals surface area contributed by atoms with E-state index in [4.69, 9.17) is 12.2 Å². The Bertz CT molecular complexity index is 554. The monoisotopic (exact) mass is 201 g/mol. The maximum Gasteiger partial charge on any atom is 0.106 e. The molecule has 3 rings (SSSR count). The molecule has 2 aromatic rings. The number of benzene rings is 1. The minimum atomic E-state index is 0.963. The van der Waals surface area contributed by atoms with Gasteiger partial charge in [-0.2, -0.15) is 0 Å². The predicted octanol–water partition coefficient (Wildman–Crippen LogP) is 3.32. The Morgan fingerprint density at radius 3 is 3.00 bits per heavy atom. The highest BCUT2D eigenvalue weighted by atomic mass is 32.1. The number of rotatable bonds is 0. The predicted molar refractivity (Wildman–Crippen MR) is 61.1 cm³/mol. The van der Waals surface area contributed by atoms with E-state index < -0.39 is 0 Å². The lowest BCUT2D eigenvalue weighted by Gasteiger charge is -2.19. The van der Waals surface area contributed by atoms with Crippen LogP contribution in [0.15, 0.2) is 30.3 Å². The first-order valence-electron chi connectivity index (χ1n) is 4.98. The molecule has 1 nitrogen and oxygen atoms in total. The van der Waals surface area contributed by atoms with E-state index in [0.717, 1.165) is 11.2 Å². The van der Waals surface area contributed by atoms with Crippen LogP contribution in [-0.2, 0) is 13.0 Å². The van der Waals surface area contributed by atoms with Gasteiger partial charge < -0.3 is 4.57 Å². The van der Waals surface area contributed by atoms with Crippen molar-refractivity contribution in [3.05, 3.63) is 40.5 Å². The molecule has 0 bridgehead atoms. The van der Waals surface area contributed by atoms with Gasteiger partial charge in [0, 0.05) is 6.54 Å². The summed E-state index contributed by atoms with van der Waals surface area (Å²) in [6, 6.07) is 10.7. The Labute approximate surface area is 88.0 Å². The molecule has 0 N–H and O–H groups in total. The summed E-state index contributed by atoms with van der Waals surface area (Å²) in [5.74, 6) is 0. The van der Waals surface area contributed by atoms with Crippen molar-refractivity contribution in [2.75, 3.05) is 0 Å². The van der Waals surface area contributed by atoms with Crippen LogP contribution in [0, 0.1) is 4.64 Å². The highest BCUT2D eigenvalue weighted by molar-refractivity contribution is 7.71. The molecule has 1 aromatic heterocycles. The quantitative estimate of drug-likeness (QED) is 0.592. The Morgan fingerprint density at radius 2 is 2.07 bits per heavy atom. The molecular formula is C12H11NS. The van der Waals surface area contributed by atoms with Gasteiger partial charge in [0.25, 0.3) is 0 Å². The van der Waals surface area contributed by atoms with Crippen molar-refractivity contribution in [2.24, 2.45) is 0 Å².